The van der Waals surface area contributed by atoms with E-state index in [2.05, 4.69) is 0 Å². The van der Waals surface area contributed by atoms with Crippen molar-refractivity contribution in [2.75, 3.05) is 12.4 Å². The van der Waals surface area contributed by atoms with Crippen LogP contribution in [0, 0.1) is 11.8 Å². The van der Waals surface area contributed by atoms with Gasteiger partial charge in [0.25, 0.3) is 0 Å². The van der Waals surface area contributed by atoms with Crippen LogP contribution in [-0.4, -0.2) is 26.9 Å². The van der Waals surface area contributed by atoms with Gasteiger partial charge in [-0.05, 0) is 31.6 Å². The molecule has 0 aliphatic heterocycles. The predicted molar refractivity (Wildman–Crippen MR) is 64.1 cm³/mol. The second-order valence-corrected chi connectivity index (χ2v) is 7.86. The van der Waals surface area contributed by atoms with Gasteiger partial charge in [-0.2, -0.15) is 0 Å². The normalized spacial score (nSPS) is 24.8. The largest absolute Gasteiger partial charge is 0.378 e. The van der Waals surface area contributed by atoms with Crippen LogP contribution in [0.1, 0.15) is 38.5 Å². The first-order valence-electron chi connectivity index (χ1n) is 6.08. The van der Waals surface area contributed by atoms with E-state index in [1.54, 1.807) is 0 Å². The summed E-state index contributed by atoms with van der Waals surface area (Å²) in [6.07, 6.45) is 7.37. The molecule has 16 heavy (non-hydrogen) atoms. The van der Waals surface area contributed by atoms with Crippen LogP contribution >= 0.6 is 10.7 Å². The van der Waals surface area contributed by atoms with Crippen LogP contribution in [0.5, 0.6) is 0 Å². The van der Waals surface area contributed by atoms with E-state index in [-0.39, 0.29) is 11.7 Å². The smallest absolute Gasteiger partial charge is 0.232 e. The first-order chi connectivity index (χ1) is 7.54. The van der Waals surface area contributed by atoms with Crippen molar-refractivity contribution < 1.29 is 13.2 Å². The molecule has 2 aliphatic rings. The van der Waals surface area contributed by atoms with Crippen molar-refractivity contribution in [3.63, 3.8) is 0 Å². The van der Waals surface area contributed by atoms with Crippen LogP contribution in [0.3, 0.4) is 0 Å². The fourth-order valence-electron chi connectivity index (χ4n) is 2.46. The summed E-state index contributed by atoms with van der Waals surface area (Å²) in [6.45, 7) is 0.571. The van der Waals surface area contributed by atoms with Gasteiger partial charge in [0, 0.05) is 16.6 Å². The van der Waals surface area contributed by atoms with Gasteiger partial charge in [0.2, 0.25) is 9.05 Å². The Morgan fingerprint density at radius 3 is 2.31 bits per heavy atom. The fourth-order valence-corrected chi connectivity index (χ4v) is 3.82. The summed E-state index contributed by atoms with van der Waals surface area (Å²) in [5.41, 5.74) is 0. The third-order valence-corrected chi connectivity index (χ3v) is 4.75. The van der Waals surface area contributed by atoms with E-state index in [9.17, 15) is 8.42 Å². The van der Waals surface area contributed by atoms with E-state index in [1.165, 1.54) is 12.8 Å². The first kappa shape index (κ1) is 12.7. The Morgan fingerprint density at radius 1 is 1.19 bits per heavy atom. The first-order valence-corrected chi connectivity index (χ1v) is 8.56. The molecule has 0 aromatic carbocycles. The lowest BCUT2D eigenvalue weighted by molar-refractivity contribution is 0.0334. The molecule has 0 radical (unpaired) electrons. The van der Waals surface area contributed by atoms with Gasteiger partial charge in [-0.1, -0.05) is 12.8 Å². The maximum atomic E-state index is 11.1. The molecule has 1 unspecified atom stereocenters. The lowest BCUT2D eigenvalue weighted by Crippen LogP contribution is -2.23. The second-order valence-electron chi connectivity index (χ2n) is 5.04. The van der Waals surface area contributed by atoms with Gasteiger partial charge in [0.1, 0.15) is 0 Å². The van der Waals surface area contributed by atoms with E-state index in [4.69, 9.17) is 15.4 Å². The van der Waals surface area contributed by atoms with Gasteiger partial charge in [-0.15, -0.1) is 0 Å². The molecule has 0 heterocycles. The zero-order chi connectivity index (χ0) is 11.6. The van der Waals surface area contributed by atoms with E-state index in [0.29, 0.717) is 18.6 Å². The van der Waals surface area contributed by atoms with Crippen molar-refractivity contribution in [2.45, 2.75) is 44.6 Å². The highest BCUT2D eigenvalue weighted by atomic mass is 35.7. The topological polar surface area (TPSA) is 43.4 Å². The molecule has 2 rings (SSSR count). The molecule has 1 atom stereocenters. The van der Waals surface area contributed by atoms with Crippen LogP contribution in [0.4, 0.5) is 0 Å². The summed E-state index contributed by atoms with van der Waals surface area (Å²) in [7, 11) is 1.93. The molecule has 0 N–H and O–H groups in total. The highest BCUT2D eigenvalue weighted by Crippen LogP contribution is 2.38. The van der Waals surface area contributed by atoms with E-state index in [0.717, 1.165) is 25.7 Å². The average Bonchev–Trinajstić information content (AvgIpc) is 2.89. The van der Waals surface area contributed by atoms with Crippen molar-refractivity contribution in [1.29, 1.82) is 0 Å². The zero-order valence-electron chi connectivity index (χ0n) is 9.40. The molecule has 94 valence electrons. The van der Waals surface area contributed by atoms with Gasteiger partial charge >= 0.3 is 0 Å². The van der Waals surface area contributed by atoms with Crippen LogP contribution in [0.25, 0.3) is 0 Å². The van der Waals surface area contributed by atoms with Gasteiger partial charge in [0.15, 0.2) is 0 Å². The minimum absolute atomic E-state index is 0.0753. The van der Waals surface area contributed by atoms with E-state index >= 15 is 0 Å². The monoisotopic (exact) mass is 266 g/mol. The SMILES string of the molecule is O=S(=O)(Cl)CC(COC1CCCC1)C1CC1. The highest BCUT2D eigenvalue weighted by Gasteiger charge is 2.34. The molecule has 3 nitrogen and oxygen atoms in total. The summed E-state index contributed by atoms with van der Waals surface area (Å²) >= 11 is 0. The molecular weight excluding hydrogens is 248 g/mol. The molecule has 0 bridgehead atoms. The van der Waals surface area contributed by atoms with Gasteiger partial charge in [-0.25, -0.2) is 8.42 Å². The molecule has 2 aliphatic carbocycles. The van der Waals surface area contributed by atoms with Crippen LogP contribution in [0.15, 0.2) is 0 Å². The predicted octanol–water partition coefficient (Wildman–Crippen LogP) is 2.54. The standard InChI is InChI=1S/C11H19ClO3S/c12-16(13,14)8-10(9-5-6-9)7-15-11-3-1-2-4-11/h9-11H,1-8H2. The molecule has 0 spiro atoms. The molecular formula is C11H19ClO3S. The number of rotatable bonds is 6. The lowest BCUT2D eigenvalue weighted by atomic mass is 10.1. The van der Waals surface area contributed by atoms with Crippen molar-refractivity contribution in [2.24, 2.45) is 11.8 Å². The lowest BCUT2D eigenvalue weighted by Gasteiger charge is -2.18. The maximum absolute atomic E-state index is 11.1. The minimum Gasteiger partial charge on any atom is -0.378 e. The van der Waals surface area contributed by atoms with E-state index in [1.807, 2.05) is 0 Å². The summed E-state index contributed by atoms with van der Waals surface area (Å²) in [4.78, 5) is 0. The van der Waals surface area contributed by atoms with Crippen molar-refractivity contribution in [1.82, 2.24) is 0 Å². The highest BCUT2D eigenvalue weighted by molar-refractivity contribution is 8.13. The third kappa shape index (κ3) is 4.22. The third-order valence-electron chi connectivity index (χ3n) is 3.55. The molecule has 0 aromatic heterocycles. The van der Waals surface area contributed by atoms with Crippen LogP contribution in [0.2, 0.25) is 0 Å². The fraction of sp³-hybridized carbons (Fsp3) is 1.00. The van der Waals surface area contributed by atoms with E-state index < -0.39 is 9.05 Å². The molecule has 0 amide bonds. The maximum Gasteiger partial charge on any atom is 0.232 e. The summed E-state index contributed by atoms with van der Waals surface area (Å²) in [5.74, 6) is 0.712. The Hall–Kier alpha value is 0.200. The number of hydrogen-bond donors (Lipinski definition) is 0. The second kappa shape index (κ2) is 5.23. The molecule has 0 aromatic rings. The Morgan fingerprint density at radius 2 is 1.81 bits per heavy atom. The van der Waals surface area contributed by atoms with Crippen molar-refractivity contribution in [3.8, 4) is 0 Å². The average molecular weight is 267 g/mol. The van der Waals surface area contributed by atoms with Crippen molar-refractivity contribution in [3.05, 3.63) is 0 Å². The zero-order valence-corrected chi connectivity index (χ0v) is 11.0. The number of ether oxygens (including phenoxy) is 1. The van der Waals surface area contributed by atoms with Crippen LogP contribution < -0.4 is 0 Å². The Bertz CT molecular complexity index is 318. The molecule has 0 saturated heterocycles. The summed E-state index contributed by atoms with van der Waals surface area (Å²) in [6, 6.07) is 0. The van der Waals surface area contributed by atoms with Crippen molar-refractivity contribution >= 4 is 19.7 Å². The molecule has 2 saturated carbocycles. The Balaban J connectivity index is 1.78. The number of halogens is 1. The Kier molecular flexibility index (Phi) is 4.14. The van der Waals surface area contributed by atoms with Gasteiger partial charge < -0.3 is 4.74 Å². The summed E-state index contributed by atoms with van der Waals surface area (Å²) < 4.78 is 27.9. The van der Waals surface area contributed by atoms with Gasteiger partial charge in [0.05, 0.1) is 18.5 Å². The quantitative estimate of drug-likeness (QED) is 0.694. The number of hydrogen-bond acceptors (Lipinski definition) is 3. The summed E-state index contributed by atoms with van der Waals surface area (Å²) in [5, 5.41) is 0. The molecule has 5 heteroatoms. The van der Waals surface area contributed by atoms with Gasteiger partial charge in [-0.3, -0.25) is 0 Å². The molecule has 2 fully saturated rings. The Labute approximate surface area is 102 Å². The minimum atomic E-state index is -3.38. The van der Waals surface area contributed by atoms with Crippen LogP contribution in [-0.2, 0) is 13.8 Å².